The second kappa shape index (κ2) is 11.1. The van der Waals surface area contributed by atoms with E-state index in [-0.39, 0.29) is 66.1 Å². The Balaban J connectivity index is 0.00000176. The highest BCUT2D eigenvalue weighted by molar-refractivity contribution is 5.92. The smallest absolute Gasteiger partial charge is 0.178 e. The summed E-state index contributed by atoms with van der Waals surface area (Å²) in [4.78, 5) is 34.8. The van der Waals surface area contributed by atoms with Crippen molar-refractivity contribution >= 4 is 42.2 Å². The van der Waals surface area contributed by atoms with Crippen LogP contribution < -0.4 is 4.90 Å². The van der Waals surface area contributed by atoms with Crippen molar-refractivity contribution in [3.8, 4) is 0 Å². The molecule has 4 fully saturated rings. The first-order valence-electron chi connectivity index (χ1n) is 14.2. The SMILES string of the molecule is C[C@]12CCC(=O)C=C1CCC1C2[C@H](O)C[C@@]2(C)C1CC[C@]2(O)C(=O)CN1CCN(c2ccccn2)CC1.Cl.Cl. The van der Waals surface area contributed by atoms with E-state index in [0.29, 0.717) is 19.3 Å². The molecule has 2 heterocycles. The van der Waals surface area contributed by atoms with Gasteiger partial charge in [0.1, 0.15) is 11.4 Å². The Kier molecular flexibility index (Phi) is 8.63. The first-order chi connectivity index (χ1) is 17.7. The maximum Gasteiger partial charge on any atom is 0.178 e. The van der Waals surface area contributed by atoms with Gasteiger partial charge in [-0.3, -0.25) is 14.5 Å². The van der Waals surface area contributed by atoms with Gasteiger partial charge in [-0.25, -0.2) is 4.98 Å². The summed E-state index contributed by atoms with van der Waals surface area (Å²) in [6.07, 6.45) is 8.00. The summed E-state index contributed by atoms with van der Waals surface area (Å²) < 4.78 is 0. The van der Waals surface area contributed by atoms with Gasteiger partial charge in [0.05, 0.1) is 12.6 Å². The van der Waals surface area contributed by atoms with Gasteiger partial charge < -0.3 is 15.1 Å². The summed E-state index contributed by atoms with van der Waals surface area (Å²) in [6.45, 7) is 7.70. The predicted molar refractivity (Wildman–Crippen MR) is 155 cm³/mol. The van der Waals surface area contributed by atoms with Crippen LogP contribution in [-0.2, 0) is 9.59 Å². The third-order valence-electron chi connectivity index (χ3n) is 11.2. The van der Waals surface area contributed by atoms with E-state index >= 15 is 0 Å². The molecule has 0 spiro atoms. The quantitative estimate of drug-likeness (QED) is 0.559. The molecule has 1 aromatic rings. The monoisotopic (exact) mass is 579 g/mol. The van der Waals surface area contributed by atoms with E-state index in [9.17, 15) is 19.8 Å². The molecule has 9 heteroatoms. The number of anilines is 1. The molecule has 3 unspecified atom stereocenters. The number of piperazine rings is 1. The molecule has 7 atom stereocenters. The Hall–Kier alpha value is -1.51. The molecule has 0 amide bonds. The summed E-state index contributed by atoms with van der Waals surface area (Å²) in [5, 5.41) is 23.7. The van der Waals surface area contributed by atoms with Crippen molar-refractivity contribution in [1.82, 2.24) is 9.88 Å². The zero-order valence-electron chi connectivity index (χ0n) is 23.1. The lowest BCUT2D eigenvalue weighted by Crippen LogP contribution is -2.63. The Morgan fingerprint density at radius 3 is 2.51 bits per heavy atom. The number of rotatable bonds is 4. The number of carbonyl (C=O) groups excluding carboxylic acids is 2. The fourth-order valence-electron chi connectivity index (χ4n) is 9.16. The number of nitrogens with zero attached hydrogens (tertiary/aromatic N) is 3. The van der Waals surface area contributed by atoms with Gasteiger partial charge in [0.15, 0.2) is 11.6 Å². The van der Waals surface area contributed by atoms with Crippen LogP contribution in [0.15, 0.2) is 36.0 Å². The molecule has 1 aromatic heterocycles. The minimum atomic E-state index is -1.40. The summed E-state index contributed by atoms with van der Waals surface area (Å²) in [5.74, 6) is 1.67. The lowest BCUT2D eigenvalue weighted by molar-refractivity contribution is -0.181. The molecule has 5 aliphatic rings. The molecule has 7 nitrogen and oxygen atoms in total. The maximum atomic E-state index is 13.8. The molecule has 216 valence electrons. The van der Waals surface area contributed by atoms with Gasteiger partial charge in [-0.1, -0.05) is 25.5 Å². The number of allylic oxidation sites excluding steroid dienone is 1. The molecule has 1 saturated heterocycles. The van der Waals surface area contributed by atoms with E-state index < -0.39 is 17.1 Å². The van der Waals surface area contributed by atoms with Gasteiger partial charge in [0.25, 0.3) is 0 Å². The minimum Gasteiger partial charge on any atom is -0.393 e. The molecule has 0 bridgehead atoms. The zero-order valence-corrected chi connectivity index (χ0v) is 24.7. The summed E-state index contributed by atoms with van der Waals surface area (Å²) in [6, 6.07) is 5.92. The summed E-state index contributed by atoms with van der Waals surface area (Å²) >= 11 is 0. The number of ketones is 2. The fraction of sp³-hybridized carbons (Fsp3) is 0.700. The highest BCUT2D eigenvalue weighted by atomic mass is 35.5. The predicted octanol–water partition coefficient (Wildman–Crippen LogP) is 3.85. The Bertz CT molecular complexity index is 1110. The Morgan fingerprint density at radius 2 is 1.82 bits per heavy atom. The summed E-state index contributed by atoms with van der Waals surface area (Å²) in [7, 11) is 0. The first-order valence-corrected chi connectivity index (χ1v) is 14.2. The van der Waals surface area contributed by atoms with Crippen molar-refractivity contribution < 1.29 is 19.8 Å². The van der Waals surface area contributed by atoms with Gasteiger partial charge in [0, 0.05) is 44.2 Å². The van der Waals surface area contributed by atoms with Gasteiger partial charge in [-0.2, -0.15) is 0 Å². The molecule has 3 saturated carbocycles. The number of halogens is 2. The Morgan fingerprint density at radius 1 is 1.08 bits per heavy atom. The maximum absolute atomic E-state index is 13.8. The van der Waals surface area contributed by atoms with Crippen LogP contribution in [0.3, 0.4) is 0 Å². The lowest BCUT2D eigenvalue weighted by atomic mass is 9.45. The number of pyridine rings is 1. The first kappa shape index (κ1) is 30.4. The van der Waals surface area contributed by atoms with Crippen LogP contribution in [-0.4, -0.2) is 76.1 Å². The average molecular weight is 581 g/mol. The number of hydrogen-bond acceptors (Lipinski definition) is 7. The van der Waals surface area contributed by atoms with E-state index in [4.69, 9.17) is 0 Å². The van der Waals surface area contributed by atoms with Crippen LogP contribution in [0.5, 0.6) is 0 Å². The van der Waals surface area contributed by atoms with Crippen LogP contribution in [0.2, 0.25) is 0 Å². The Labute approximate surface area is 244 Å². The number of hydrogen-bond donors (Lipinski definition) is 2. The van der Waals surface area contributed by atoms with E-state index in [0.717, 1.165) is 57.7 Å². The summed E-state index contributed by atoms with van der Waals surface area (Å²) in [5.41, 5.74) is -0.971. The van der Waals surface area contributed by atoms with Crippen LogP contribution >= 0.6 is 24.8 Å². The van der Waals surface area contributed by atoms with Crippen molar-refractivity contribution in [1.29, 1.82) is 0 Å². The fourth-order valence-corrected chi connectivity index (χ4v) is 9.16. The van der Waals surface area contributed by atoms with Gasteiger partial charge in [-0.15, -0.1) is 24.8 Å². The van der Waals surface area contributed by atoms with Gasteiger partial charge in [0.2, 0.25) is 0 Å². The number of fused-ring (bicyclic) bond motifs is 5. The standard InChI is InChI=1S/C30H41N3O4.2ClH/c1-28-10-8-21(34)17-20(28)6-7-22-23-9-11-30(37,29(23,2)18-24(35)27(22)28)25(36)19-32-13-15-33(16-14-32)26-5-3-4-12-31-26;;/h3-5,12,17,22-24,27,35,37H,6-11,13-16,18-19H2,1-2H3;2*1H/t22?,23?,24-,27?,28+,29+,30+;;/m1../s1. The van der Waals surface area contributed by atoms with Crippen LogP contribution in [0.1, 0.15) is 58.8 Å². The van der Waals surface area contributed by atoms with Crippen molar-refractivity contribution in [2.45, 2.75) is 70.5 Å². The highest BCUT2D eigenvalue weighted by Crippen LogP contribution is 2.67. The van der Waals surface area contributed by atoms with E-state index in [1.54, 1.807) is 6.20 Å². The normalized spacial score (nSPS) is 39.8. The second-order valence-electron chi connectivity index (χ2n) is 12.9. The number of aromatic nitrogens is 1. The van der Waals surface area contributed by atoms with E-state index in [1.807, 2.05) is 24.3 Å². The number of aliphatic hydroxyl groups excluding tert-OH is 1. The number of carbonyl (C=O) groups is 2. The van der Waals surface area contributed by atoms with Crippen LogP contribution in [0, 0.1) is 28.6 Å². The van der Waals surface area contributed by atoms with Gasteiger partial charge in [-0.05, 0) is 79.9 Å². The van der Waals surface area contributed by atoms with E-state index in [2.05, 4.69) is 28.6 Å². The molecule has 4 aliphatic carbocycles. The molecule has 0 radical (unpaired) electrons. The molecule has 2 N–H and O–H groups in total. The van der Waals surface area contributed by atoms with Crippen molar-refractivity contribution in [3.63, 3.8) is 0 Å². The van der Waals surface area contributed by atoms with Crippen molar-refractivity contribution in [2.24, 2.45) is 28.6 Å². The van der Waals surface area contributed by atoms with Crippen molar-refractivity contribution in [2.75, 3.05) is 37.6 Å². The topological polar surface area (TPSA) is 94.0 Å². The van der Waals surface area contributed by atoms with Crippen LogP contribution in [0.25, 0.3) is 0 Å². The average Bonchev–Trinajstić information content (AvgIpc) is 3.16. The van der Waals surface area contributed by atoms with E-state index in [1.165, 1.54) is 5.57 Å². The molecule has 1 aliphatic heterocycles. The molecule has 0 aromatic carbocycles. The molecule has 39 heavy (non-hydrogen) atoms. The zero-order chi connectivity index (χ0) is 26.0. The molecular weight excluding hydrogens is 537 g/mol. The highest BCUT2D eigenvalue weighted by Gasteiger charge is 2.68. The third kappa shape index (κ3) is 4.76. The van der Waals surface area contributed by atoms with Crippen molar-refractivity contribution in [3.05, 3.63) is 36.0 Å². The largest absolute Gasteiger partial charge is 0.393 e. The van der Waals surface area contributed by atoms with Gasteiger partial charge >= 0.3 is 0 Å². The van der Waals surface area contributed by atoms with Crippen LogP contribution in [0.4, 0.5) is 5.82 Å². The molecule has 6 rings (SSSR count). The number of Topliss-reactive ketones (excluding diaryl/α,β-unsaturated/α-hetero) is 1. The number of aliphatic hydroxyl groups is 2. The molecular formula is C30H43Cl2N3O4. The second-order valence-corrected chi connectivity index (χ2v) is 12.9. The third-order valence-corrected chi connectivity index (χ3v) is 11.2. The minimum absolute atomic E-state index is 0. The lowest BCUT2D eigenvalue weighted by Gasteiger charge is -2.60.